The lowest BCUT2D eigenvalue weighted by Gasteiger charge is -2.25. The van der Waals surface area contributed by atoms with Gasteiger partial charge in [-0.1, -0.05) is 0 Å². The van der Waals surface area contributed by atoms with Crippen molar-refractivity contribution in [3.8, 4) is 5.75 Å². The fraction of sp³-hybridized carbons (Fsp3) is 0.500. The number of thioether (sulfide) groups is 1. The number of sulfonamides is 1. The quantitative estimate of drug-likeness (QED) is 0.822. The highest BCUT2D eigenvalue weighted by molar-refractivity contribution is 7.99. The summed E-state index contributed by atoms with van der Waals surface area (Å²) in [6.45, 7) is 1.37. The topological polar surface area (TPSA) is 72.6 Å². The second kappa shape index (κ2) is 6.49. The maximum absolute atomic E-state index is 12.0. The van der Waals surface area contributed by atoms with Crippen molar-refractivity contribution in [3.05, 3.63) is 24.3 Å². The van der Waals surface area contributed by atoms with E-state index in [2.05, 4.69) is 0 Å². The number of anilines is 1. The molecule has 0 saturated carbocycles. The Labute approximate surface area is 118 Å². The molecule has 0 atom stereocenters. The van der Waals surface area contributed by atoms with E-state index in [0.29, 0.717) is 24.5 Å². The molecule has 5 nitrogen and oxygen atoms in total. The zero-order valence-corrected chi connectivity index (χ0v) is 12.3. The average Bonchev–Trinajstić information content (AvgIpc) is 2.42. The van der Waals surface area contributed by atoms with Crippen LogP contribution in [0.4, 0.5) is 5.69 Å². The number of nitrogens with two attached hydrogens (primary N) is 1. The minimum absolute atomic E-state index is 0.0159. The van der Waals surface area contributed by atoms with Crippen molar-refractivity contribution < 1.29 is 13.2 Å². The molecule has 106 valence electrons. The van der Waals surface area contributed by atoms with Crippen LogP contribution in [-0.2, 0) is 10.0 Å². The minimum atomic E-state index is -3.19. The molecule has 1 aliphatic rings. The van der Waals surface area contributed by atoms with E-state index >= 15 is 0 Å². The molecular weight excluding hydrogens is 284 g/mol. The molecular formula is C12H18N2O3S2. The van der Waals surface area contributed by atoms with Crippen LogP contribution in [0.15, 0.2) is 24.3 Å². The summed E-state index contributed by atoms with van der Waals surface area (Å²) in [5.74, 6) is 2.40. The van der Waals surface area contributed by atoms with Crippen molar-refractivity contribution >= 4 is 27.5 Å². The lowest BCUT2D eigenvalue weighted by Crippen LogP contribution is -2.40. The molecule has 0 unspecified atom stereocenters. The lowest BCUT2D eigenvalue weighted by atomic mass is 10.3. The van der Waals surface area contributed by atoms with E-state index in [1.807, 2.05) is 0 Å². The summed E-state index contributed by atoms with van der Waals surface area (Å²) in [4.78, 5) is 0. The number of nitrogens with zero attached hydrogens (tertiary/aromatic N) is 1. The zero-order chi connectivity index (χ0) is 13.7. The Morgan fingerprint density at radius 1 is 1.21 bits per heavy atom. The molecule has 1 fully saturated rings. The molecule has 1 saturated heterocycles. The Morgan fingerprint density at radius 2 is 1.84 bits per heavy atom. The first-order valence-electron chi connectivity index (χ1n) is 6.12. The monoisotopic (exact) mass is 302 g/mol. The predicted octanol–water partition coefficient (Wildman–Crippen LogP) is 1.03. The van der Waals surface area contributed by atoms with Crippen molar-refractivity contribution in [2.24, 2.45) is 0 Å². The van der Waals surface area contributed by atoms with E-state index in [0.717, 1.165) is 11.5 Å². The Balaban J connectivity index is 1.82. The van der Waals surface area contributed by atoms with Gasteiger partial charge in [-0.2, -0.15) is 11.8 Å². The molecule has 1 aromatic carbocycles. The van der Waals surface area contributed by atoms with Crippen molar-refractivity contribution in [2.45, 2.75) is 0 Å². The van der Waals surface area contributed by atoms with E-state index in [9.17, 15) is 8.42 Å². The Hall–Kier alpha value is -0.920. The van der Waals surface area contributed by atoms with E-state index in [1.54, 1.807) is 40.3 Å². The van der Waals surface area contributed by atoms with E-state index in [4.69, 9.17) is 10.5 Å². The van der Waals surface area contributed by atoms with Crippen LogP contribution >= 0.6 is 11.8 Å². The Morgan fingerprint density at radius 3 is 2.47 bits per heavy atom. The van der Waals surface area contributed by atoms with Gasteiger partial charge in [-0.05, 0) is 24.3 Å². The smallest absolute Gasteiger partial charge is 0.217 e. The molecule has 1 aliphatic heterocycles. The van der Waals surface area contributed by atoms with Gasteiger partial charge >= 0.3 is 0 Å². The van der Waals surface area contributed by atoms with E-state index in [1.165, 1.54) is 0 Å². The second-order valence-corrected chi connectivity index (χ2v) is 7.56. The predicted molar refractivity (Wildman–Crippen MR) is 79.0 cm³/mol. The second-order valence-electron chi connectivity index (χ2n) is 4.24. The van der Waals surface area contributed by atoms with Gasteiger partial charge in [-0.25, -0.2) is 12.7 Å². The third-order valence-corrected chi connectivity index (χ3v) is 5.63. The number of hydrogen-bond donors (Lipinski definition) is 1. The first-order chi connectivity index (χ1) is 9.08. The Bertz CT molecular complexity index is 496. The van der Waals surface area contributed by atoms with Crippen molar-refractivity contribution in [3.63, 3.8) is 0 Å². The number of nitrogen functional groups attached to an aromatic ring is 1. The van der Waals surface area contributed by atoms with Gasteiger partial charge in [0.2, 0.25) is 10.0 Å². The summed E-state index contributed by atoms with van der Waals surface area (Å²) < 4.78 is 31.1. The van der Waals surface area contributed by atoms with Gasteiger partial charge in [0.15, 0.2) is 0 Å². The van der Waals surface area contributed by atoms with Gasteiger partial charge in [0.25, 0.3) is 0 Å². The number of hydrogen-bond acceptors (Lipinski definition) is 5. The summed E-state index contributed by atoms with van der Waals surface area (Å²) >= 11 is 1.79. The summed E-state index contributed by atoms with van der Waals surface area (Å²) in [5, 5.41) is 0. The third-order valence-electron chi connectivity index (χ3n) is 2.85. The maximum atomic E-state index is 12.0. The molecule has 1 aromatic rings. The van der Waals surface area contributed by atoms with Crippen LogP contribution in [0.5, 0.6) is 5.75 Å². The summed E-state index contributed by atoms with van der Waals surface area (Å²) in [6.07, 6.45) is 0. The SMILES string of the molecule is Nc1ccc(OCCS(=O)(=O)N2CCSCC2)cc1. The van der Waals surface area contributed by atoms with Crippen molar-refractivity contribution in [1.82, 2.24) is 4.31 Å². The fourth-order valence-corrected chi connectivity index (χ4v) is 4.21. The average molecular weight is 302 g/mol. The van der Waals surface area contributed by atoms with Crippen LogP contribution in [0.1, 0.15) is 0 Å². The molecule has 1 heterocycles. The number of ether oxygens (including phenoxy) is 1. The first-order valence-corrected chi connectivity index (χ1v) is 8.88. The molecule has 0 aliphatic carbocycles. The van der Waals surface area contributed by atoms with Gasteiger partial charge in [0.05, 0.1) is 5.75 Å². The van der Waals surface area contributed by atoms with Gasteiger partial charge < -0.3 is 10.5 Å². The summed E-state index contributed by atoms with van der Waals surface area (Å²) in [5.41, 5.74) is 6.22. The van der Waals surface area contributed by atoms with Crippen LogP contribution in [0.2, 0.25) is 0 Å². The van der Waals surface area contributed by atoms with Crippen molar-refractivity contribution in [2.75, 3.05) is 42.7 Å². The number of rotatable bonds is 5. The first kappa shape index (κ1) is 14.5. The van der Waals surface area contributed by atoms with Crippen LogP contribution in [0.3, 0.4) is 0 Å². The highest BCUT2D eigenvalue weighted by atomic mass is 32.2. The van der Waals surface area contributed by atoms with Gasteiger partial charge in [0.1, 0.15) is 12.4 Å². The summed E-state index contributed by atoms with van der Waals surface area (Å²) in [6, 6.07) is 6.93. The molecule has 2 N–H and O–H groups in total. The van der Waals surface area contributed by atoms with Crippen molar-refractivity contribution in [1.29, 1.82) is 0 Å². The Kier molecular flexibility index (Phi) is 4.95. The molecule has 0 aromatic heterocycles. The highest BCUT2D eigenvalue weighted by Gasteiger charge is 2.23. The van der Waals surface area contributed by atoms with Gasteiger partial charge in [-0.3, -0.25) is 0 Å². The van der Waals surface area contributed by atoms with E-state index < -0.39 is 10.0 Å². The molecule has 19 heavy (non-hydrogen) atoms. The molecule has 7 heteroatoms. The normalized spacial score (nSPS) is 17.3. The third kappa shape index (κ3) is 4.29. The van der Waals surface area contributed by atoms with Gasteiger partial charge in [-0.15, -0.1) is 0 Å². The van der Waals surface area contributed by atoms with E-state index in [-0.39, 0.29) is 12.4 Å². The largest absolute Gasteiger partial charge is 0.492 e. The molecule has 0 bridgehead atoms. The molecule has 0 amide bonds. The highest BCUT2D eigenvalue weighted by Crippen LogP contribution is 2.15. The summed E-state index contributed by atoms with van der Waals surface area (Å²) in [7, 11) is -3.19. The zero-order valence-electron chi connectivity index (χ0n) is 10.6. The lowest BCUT2D eigenvalue weighted by molar-refractivity contribution is 0.335. The molecule has 0 spiro atoms. The van der Waals surface area contributed by atoms with Crippen LogP contribution in [0.25, 0.3) is 0 Å². The minimum Gasteiger partial charge on any atom is -0.492 e. The maximum Gasteiger partial charge on any atom is 0.217 e. The number of benzene rings is 1. The fourth-order valence-electron chi connectivity index (χ4n) is 1.78. The molecule has 0 radical (unpaired) electrons. The van der Waals surface area contributed by atoms with Gasteiger partial charge in [0, 0.05) is 30.3 Å². The molecule has 2 rings (SSSR count). The van der Waals surface area contributed by atoms with Crippen LogP contribution in [0, 0.1) is 0 Å². The standard InChI is InChI=1S/C12H18N2O3S2/c13-11-1-3-12(4-2-11)17-7-10-19(15,16)14-5-8-18-9-6-14/h1-4H,5-10,13H2. The van der Waals surface area contributed by atoms with Crippen LogP contribution in [-0.4, -0.2) is 49.7 Å². The van der Waals surface area contributed by atoms with Crippen LogP contribution < -0.4 is 10.5 Å².